The highest BCUT2D eigenvalue weighted by Crippen LogP contribution is 2.28. The molecule has 2 aromatic rings. The van der Waals surface area contributed by atoms with Crippen LogP contribution in [0.5, 0.6) is 0 Å². The van der Waals surface area contributed by atoms with Crippen molar-refractivity contribution in [3.63, 3.8) is 0 Å². The van der Waals surface area contributed by atoms with Gasteiger partial charge in [-0.3, -0.25) is 0 Å². The molecule has 20 heavy (non-hydrogen) atoms. The fourth-order valence-corrected chi connectivity index (χ4v) is 2.16. The number of nitrogens with zero attached hydrogens (tertiary/aromatic N) is 2. The largest absolute Gasteiger partial charge is 0.339 e. The molecule has 0 bridgehead atoms. The maximum atomic E-state index is 6.12. The molecule has 2 rings (SSSR count). The Kier molecular flexibility index (Phi) is 5.00. The van der Waals surface area contributed by atoms with Crippen molar-refractivity contribution in [3.8, 4) is 0 Å². The summed E-state index contributed by atoms with van der Waals surface area (Å²) in [5.74, 6) is 7.31. The number of aryl methyl sites for hydroxylation is 1. The van der Waals surface area contributed by atoms with Crippen LogP contribution in [-0.2, 0) is 6.42 Å². The van der Waals surface area contributed by atoms with E-state index in [0.717, 1.165) is 24.4 Å². The van der Waals surface area contributed by atoms with Crippen LogP contribution in [0.25, 0.3) is 0 Å². The number of aromatic nitrogens is 2. The zero-order chi connectivity index (χ0) is 14.5. The van der Waals surface area contributed by atoms with Crippen LogP contribution >= 0.6 is 23.2 Å². The normalized spacial score (nSPS) is 10.4. The third-order valence-corrected chi connectivity index (χ3v) is 3.14. The molecule has 0 unspecified atom stereocenters. The predicted molar refractivity (Wildman–Crippen MR) is 83.6 cm³/mol. The van der Waals surface area contributed by atoms with Crippen LogP contribution in [-0.4, -0.2) is 9.97 Å². The summed E-state index contributed by atoms with van der Waals surface area (Å²) >= 11 is 12.0. The number of nitrogens with two attached hydrogens (primary N) is 1. The Morgan fingerprint density at radius 3 is 2.55 bits per heavy atom. The summed E-state index contributed by atoms with van der Waals surface area (Å²) in [6, 6.07) is 6.93. The molecule has 0 aliphatic heterocycles. The Morgan fingerprint density at radius 2 is 1.90 bits per heavy atom. The molecule has 0 fully saturated rings. The number of hydrogen-bond acceptors (Lipinski definition) is 5. The lowest BCUT2D eigenvalue weighted by molar-refractivity contribution is 0.837. The van der Waals surface area contributed by atoms with Crippen LogP contribution in [0.1, 0.15) is 19.2 Å². The number of rotatable bonds is 5. The minimum Gasteiger partial charge on any atom is -0.339 e. The van der Waals surface area contributed by atoms with E-state index in [1.807, 2.05) is 0 Å². The third kappa shape index (κ3) is 3.72. The monoisotopic (exact) mass is 311 g/mol. The van der Waals surface area contributed by atoms with E-state index >= 15 is 0 Å². The second-order valence-corrected chi connectivity index (χ2v) is 5.04. The number of nitrogens with one attached hydrogen (secondary N) is 2. The van der Waals surface area contributed by atoms with Gasteiger partial charge in [-0.1, -0.05) is 30.1 Å². The highest BCUT2D eigenvalue weighted by atomic mass is 35.5. The van der Waals surface area contributed by atoms with E-state index in [9.17, 15) is 0 Å². The molecular weight excluding hydrogens is 297 g/mol. The first-order valence-corrected chi connectivity index (χ1v) is 6.94. The molecule has 106 valence electrons. The minimum atomic E-state index is 0.524. The topological polar surface area (TPSA) is 75.9 Å². The Morgan fingerprint density at radius 1 is 1.15 bits per heavy atom. The standard InChI is InChI=1S/C13H15Cl2N5/c1-2-3-11-18-12(7-13(19-11)20-16)17-10-5-4-8(14)6-9(10)15/h4-7H,2-3,16H2,1H3,(H2,17,18,19,20). The van der Waals surface area contributed by atoms with Gasteiger partial charge in [0.05, 0.1) is 10.7 Å². The first-order chi connectivity index (χ1) is 9.62. The molecule has 4 N–H and O–H groups in total. The molecule has 7 heteroatoms. The third-order valence-electron chi connectivity index (χ3n) is 2.59. The van der Waals surface area contributed by atoms with Crippen molar-refractivity contribution >= 4 is 40.5 Å². The van der Waals surface area contributed by atoms with Crippen molar-refractivity contribution in [1.29, 1.82) is 0 Å². The average Bonchev–Trinajstić information content (AvgIpc) is 2.42. The highest BCUT2D eigenvalue weighted by molar-refractivity contribution is 6.36. The number of benzene rings is 1. The molecule has 0 saturated carbocycles. The van der Waals surface area contributed by atoms with Gasteiger partial charge in [0, 0.05) is 17.5 Å². The lowest BCUT2D eigenvalue weighted by Gasteiger charge is -2.10. The molecule has 0 aliphatic rings. The van der Waals surface area contributed by atoms with Gasteiger partial charge in [-0.15, -0.1) is 0 Å². The van der Waals surface area contributed by atoms with Crippen LogP contribution in [0.15, 0.2) is 24.3 Å². The average molecular weight is 312 g/mol. The van der Waals surface area contributed by atoms with E-state index in [1.165, 1.54) is 0 Å². The molecule has 0 aliphatic carbocycles. The van der Waals surface area contributed by atoms with E-state index in [-0.39, 0.29) is 0 Å². The summed E-state index contributed by atoms with van der Waals surface area (Å²) in [5, 5.41) is 4.24. The van der Waals surface area contributed by atoms with Gasteiger partial charge in [-0.2, -0.15) is 0 Å². The van der Waals surface area contributed by atoms with Gasteiger partial charge in [0.15, 0.2) is 0 Å². The Bertz CT molecular complexity index is 603. The Balaban J connectivity index is 2.29. The first-order valence-electron chi connectivity index (χ1n) is 6.19. The van der Waals surface area contributed by atoms with E-state index < -0.39 is 0 Å². The molecule has 0 atom stereocenters. The minimum absolute atomic E-state index is 0.524. The number of hydrogen-bond donors (Lipinski definition) is 3. The first kappa shape index (κ1) is 14.8. The predicted octanol–water partition coefficient (Wildman–Crippen LogP) is 3.77. The van der Waals surface area contributed by atoms with Crippen LogP contribution in [0.4, 0.5) is 17.3 Å². The van der Waals surface area contributed by atoms with Crippen molar-refractivity contribution < 1.29 is 0 Å². The molecule has 0 spiro atoms. The van der Waals surface area contributed by atoms with Gasteiger partial charge >= 0.3 is 0 Å². The van der Waals surface area contributed by atoms with Crippen LogP contribution in [0, 0.1) is 0 Å². The summed E-state index contributed by atoms with van der Waals surface area (Å²) in [4.78, 5) is 8.70. The zero-order valence-electron chi connectivity index (χ0n) is 11.0. The Labute approximate surface area is 127 Å². The lowest BCUT2D eigenvalue weighted by Crippen LogP contribution is -2.11. The molecule has 0 amide bonds. The lowest BCUT2D eigenvalue weighted by atomic mass is 10.3. The highest BCUT2D eigenvalue weighted by Gasteiger charge is 2.06. The molecule has 5 nitrogen and oxygen atoms in total. The van der Waals surface area contributed by atoms with Crippen molar-refractivity contribution in [2.75, 3.05) is 10.7 Å². The zero-order valence-corrected chi connectivity index (χ0v) is 12.5. The quantitative estimate of drug-likeness (QED) is 0.579. The maximum absolute atomic E-state index is 6.12. The summed E-state index contributed by atoms with van der Waals surface area (Å²) in [5.41, 5.74) is 3.25. The molecule has 1 heterocycles. The number of nitrogen functional groups attached to an aromatic ring is 1. The number of anilines is 3. The smallest absolute Gasteiger partial charge is 0.145 e. The molecular formula is C13H15Cl2N5. The van der Waals surface area contributed by atoms with Gasteiger partial charge < -0.3 is 10.7 Å². The molecule has 1 aromatic heterocycles. The van der Waals surface area contributed by atoms with Gasteiger partial charge in [-0.05, 0) is 24.6 Å². The van der Waals surface area contributed by atoms with Crippen molar-refractivity contribution in [2.24, 2.45) is 5.84 Å². The number of hydrazine groups is 1. The Hall–Kier alpha value is -1.56. The second kappa shape index (κ2) is 6.74. The number of halogens is 2. The fourth-order valence-electron chi connectivity index (χ4n) is 1.70. The summed E-state index contributed by atoms with van der Waals surface area (Å²) in [6.07, 6.45) is 1.73. The van der Waals surface area contributed by atoms with Gasteiger partial charge in [-0.25, -0.2) is 15.8 Å². The molecule has 0 saturated heterocycles. The summed E-state index contributed by atoms with van der Waals surface area (Å²) in [6.45, 7) is 2.06. The molecule has 1 aromatic carbocycles. The second-order valence-electron chi connectivity index (χ2n) is 4.20. The van der Waals surface area contributed by atoms with E-state index in [1.54, 1.807) is 24.3 Å². The SMILES string of the molecule is CCCc1nc(NN)cc(Nc2ccc(Cl)cc2Cl)n1. The maximum Gasteiger partial charge on any atom is 0.145 e. The fraction of sp³-hybridized carbons (Fsp3) is 0.231. The van der Waals surface area contributed by atoms with Crippen LogP contribution in [0.3, 0.4) is 0 Å². The van der Waals surface area contributed by atoms with E-state index in [2.05, 4.69) is 27.6 Å². The van der Waals surface area contributed by atoms with Crippen molar-refractivity contribution in [3.05, 3.63) is 40.1 Å². The van der Waals surface area contributed by atoms with Crippen molar-refractivity contribution in [2.45, 2.75) is 19.8 Å². The van der Waals surface area contributed by atoms with E-state index in [4.69, 9.17) is 29.0 Å². The van der Waals surface area contributed by atoms with Crippen molar-refractivity contribution in [1.82, 2.24) is 9.97 Å². The summed E-state index contributed by atoms with van der Waals surface area (Å²) in [7, 11) is 0. The molecule has 0 radical (unpaired) electrons. The van der Waals surface area contributed by atoms with E-state index in [0.29, 0.717) is 21.7 Å². The summed E-state index contributed by atoms with van der Waals surface area (Å²) < 4.78 is 0. The van der Waals surface area contributed by atoms with Crippen LogP contribution in [0.2, 0.25) is 10.0 Å². The van der Waals surface area contributed by atoms with Gasteiger partial charge in [0.25, 0.3) is 0 Å². The van der Waals surface area contributed by atoms with Crippen LogP contribution < -0.4 is 16.6 Å². The van der Waals surface area contributed by atoms with Gasteiger partial charge in [0.2, 0.25) is 0 Å². The van der Waals surface area contributed by atoms with Gasteiger partial charge in [0.1, 0.15) is 17.5 Å².